The molecule has 7 nitrogen and oxygen atoms in total. The number of halogens is 5. The van der Waals surface area contributed by atoms with Gasteiger partial charge in [0.05, 0.1) is 35.6 Å². The number of para-hydroxylation sites is 1. The van der Waals surface area contributed by atoms with Gasteiger partial charge in [-0.3, -0.25) is 9.69 Å². The van der Waals surface area contributed by atoms with Crippen molar-refractivity contribution >= 4 is 34.9 Å². The van der Waals surface area contributed by atoms with E-state index in [-0.39, 0.29) is 38.7 Å². The van der Waals surface area contributed by atoms with Crippen molar-refractivity contribution < 1.29 is 32.3 Å². The van der Waals surface area contributed by atoms with Gasteiger partial charge < -0.3 is 15.7 Å². The number of hydrogen-bond donors (Lipinski definition) is 3. The van der Waals surface area contributed by atoms with Gasteiger partial charge >= 0.3 is 12.2 Å². The number of β-amino-alcohol motifs (C(OH)–C–C–N with tert-alkyl or cyclic N) is 1. The summed E-state index contributed by atoms with van der Waals surface area (Å²) in [7, 11) is 0. The Labute approximate surface area is 211 Å². The highest BCUT2D eigenvalue weighted by molar-refractivity contribution is 6.31. The maximum absolute atomic E-state index is 14.0. The highest BCUT2D eigenvalue weighted by Gasteiger charge is 2.61. The summed E-state index contributed by atoms with van der Waals surface area (Å²) in [5.41, 5.74) is -3.69. The smallest absolute Gasteiger partial charge is 0.375 e. The largest absolute Gasteiger partial charge is 0.423 e. The van der Waals surface area contributed by atoms with Gasteiger partial charge in [-0.25, -0.2) is 9.18 Å². The van der Waals surface area contributed by atoms with Crippen molar-refractivity contribution in [3.05, 3.63) is 93.3 Å². The average Bonchev–Trinajstić information content (AvgIpc) is 3.36. The van der Waals surface area contributed by atoms with Crippen molar-refractivity contribution in [2.75, 3.05) is 16.8 Å². The summed E-state index contributed by atoms with van der Waals surface area (Å²) in [5, 5.41) is 25.2. The SMILES string of the molecule is N#Cc1cc(NC(=O)N2C[C@](O)(C(F)(F)F)c3ccccc32)c2c(c1)C(=O)N[C@@H]2c1cc(F)ccc1Cl. The standard InChI is InChI=1S/C25H15ClF4N4O3/c26-17-6-5-13(27)9-14(17)21-20-15(22(35)33-21)7-12(10-31)8-18(20)32-23(36)34-11-24(37,25(28,29)30)16-3-1-2-4-19(16)34/h1-9,21,37H,11H2,(H,32,36)(H,33,35)/t21-,24-/m1/s1. The number of nitrogens with one attached hydrogen (secondary N) is 2. The Kier molecular flexibility index (Phi) is 5.62. The van der Waals surface area contributed by atoms with Crippen LogP contribution >= 0.6 is 11.6 Å². The molecule has 5 rings (SSSR count). The molecule has 0 unspecified atom stereocenters. The molecule has 3 aromatic carbocycles. The van der Waals surface area contributed by atoms with E-state index in [1.54, 1.807) is 0 Å². The highest BCUT2D eigenvalue weighted by atomic mass is 35.5. The molecule has 0 radical (unpaired) electrons. The number of anilines is 2. The maximum atomic E-state index is 14.0. The lowest BCUT2D eigenvalue weighted by Crippen LogP contribution is -2.48. The van der Waals surface area contributed by atoms with Crippen molar-refractivity contribution in [3.63, 3.8) is 0 Å². The summed E-state index contributed by atoms with van der Waals surface area (Å²) in [5.74, 6) is -1.26. The van der Waals surface area contributed by atoms with Gasteiger partial charge in [0.15, 0.2) is 0 Å². The third kappa shape index (κ3) is 3.85. The molecule has 0 aromatic heterocycles. The molecule has 2 aliphatic rings. The van der Waals surface area contributed by atoms with Crippen LogP contribution < -0.4 is 15.5 Å². The molecule has 188 valence electrons. The normalized spacial score (nSPS) is 20.2. The molecule has 0 bridgehead atoms. The Morgan fingerprint density at radius 3 is 2.65 bits per heavy atom. The van der Waals surface area contributed by atoms with E-state index in [1.807, 2.05) is 6.07 Å². The van der Waals surface area contributed by atoms with Crippen LogP contribution in [0.4, 0.5) is 33.7 Å². The summed E-state index contributed by atoms with van der Waals surface area (Å²) in [6.07, 6.45) is -5.07. The van der Waals surface area contributed by atoms with Crippen molar-refractivity contribution in [2.24, 2.45) is 0 Å². The number of amides is 3. The van der Waals surface area contributed by atoms with Crippen LogP contribution in [0, 0.1) is 17.1 Å². The van der Waals surface area contributed by atoms with Crippen molar-refractivity contribution in [3.8, 4) is 6.07 Å². The number of nitrogens with zero attached hydrogens (tertiary/aromatic N) is 2. The van der Waals surface area contributed by atoms with E-state index in [9.17, 15) is 37.5 Å². The molecule has 3 amide bonds. The van der Waals surface area contributed by atoms with Crippen LogP contribution in [0.25, 0.3) is 0 Å². The van der Waals surface area contributed by atoms with Gasteiger partial charge in [-0.15, -0.1) is 0 Å². The summed E-state index contributed by atoms with van der Waals surface area (Å²) >= 11 is 6.24. The fourth-order valence-electron chi connectivity index (χ4n) is 4.63. The van der Waals surface area contributed by atoms with E-state index in [4.69, 9.17) is 11.6 Å². The molecule has 0 spiro atoms. The van der Waals surface area contributed by atoms with Crippen molar-refractivity contribution in [1.82, 2.24) is 5.32 Å². The Morgan fingerprint density at radius 1 is 1.22 bits per heavy atom. The monoisotopic (exact) mass is 530 g/mol. The number of nitriles is 1. The topological polar surface area (TPSA) is 105 Å². The fraction of sp³-hybridized carbons (Fsp3) is 0.160. The molecule has 2 heterocycles. The second-order valence-corrected chi connectivity index (χ2v) is 8.97. The van der Waals surface area contributed by atoms with Crippen LogP contribution in [-0.2, 0) is 5.60 Å². The van der Waals surface area contributed by atoms with Crippen LogP contribution in [0.15, 0.2) is 54.6 Å². The first-order valence-electron chi connectivity index (χ1n) is 10.8. The molecule has 37 heavy (non-hydrogen) atoms. The third-order valence-electron chi connectivity index (χ3n) is 6.37. The number of hydrogen-bond acceptors (Lipinski definition) is 4. The number of carbonyl (C=O) groups is 2. The highest BCUT2D eigenvalue weighted by Crippen LogP contribution is 2.49. The fourth-order valence-corrected chi connectivity index (χ4v) is 4.86. The van der Waals surface area contributed by atoms with Gasteiger partial charge in [-0.1, -0.05) is 29.8 Å². The Morgan fingerprint density at radius 2 is 1.95 bits per heavy atom. The average molecular weight is 531 g/mol. The zero-order valence-electron chi connectivity index (χ0n) is 18.5. The Hall–Kier alpha value is -4.14. The maximum Gasteiger partial charge on any atom is 0.423 e. The van der Waals surface area contributed by atoms with Gasteiger partial charge in [0.25, 0.3) is 5.91 Å². The lowest BCUT2D eigenvalue weighted by molar-refractivity contribution is -0.258. The molecule has 12 heteroatoms. The molecular formula is C25H15ClF4N4O3. The van der Waals surface area contributed by atoms with E-state index in [1.165, 1.54) is 36.4 Å². The Balaban J connectivity index is 1.59. The lowest BCUT2D eigenvalue weighted by atomic mass is 9.94. The molecule has 0 saturated carbocycles. The molecule has 2 atom stereocenters. The molecule has 2 aliphatic heterocycles. The summed E-state index contributed by atoms with van der Waals surface area (Å²) in [6, 6.07) is 10.9. The number of alkyl halides is 3. The van der Waals surface area contributed by atoms with Crippen LogP contribution in [0.1, 0.15) is 38.7 Å². The molecule has 3 N–H and O–H groups in total. The van der Waals surface area contributed by atoms with Gasteiger partial charge in [0, 0.05) is 27.3 Å². The summed E-state index contributed by atoms with van der Waals surface area (Å²) in [4.78, 5) is 26.8. The first-order chi connectivity index (χ1) is 17.4. The van der Waals surface area contributed by atoms with Crippen LogP contribution in [0.5, 0.6) is 0 Å². The number of fused-ring (bicyclic) bond motifs is 2. The second-order valence-electron chi connectivity index (χ2n) is 8.56. The van der Waals surface area contributed by atoms with Gasteiger partial charge in [0.1, 0.15) is 5.82 Å². The van der Waals surface area contributed by atoms with Crippen LogP contribution in [0.3, 0.4) is 0 Å². The number of aliphatic hydroxyl groups is 1. The lowest BCUT2D eigenvalue weighted by Gasteiger charge is -2.27. The molecule has 0 aliphatic carbocycles. The van der Waals surface area contributed by atoms with E-state index in [0.29, 0.717) is 0 Å². The summed E-state index contributed by atoms with van der Waals surface area (Å²) in [6.45, 7) is -1.11. The number of benzene rings is 3. The minimum absolute atomic E-state index is 0.00768. The predicted octanol–water partition coefficient (Wildman–Crippen LogP) is 4.99. The first-order valence-corrected chi connectivity index (χ1v) is 11.1. The van der Waals surface area contributed by atoms with E-state index in [2.05, 4.69) is 10.6 Å². The number of rotatable bonds is 2. The van der Waals surface area contributed by atoms with Gasteiger partial charge in [0.2, 0.25) is 5.60 Å². The second kappa shape index (κ2) is 8.47. The third-order valence-corrected chi connectivity index (χ3v) is 6.71. The van der Waals surface area contributed by atoms with E-state index < -0.39 is 47.7 Å². The van der Waals surface area contributed by atoms with Crippen LogP contribution in [-0.4, -0.2) is 29.8 Å². The minimum atomic E-state index is -5.07. The molecule has 3 aromatic rings. The van der Waals surface area contributed by atoms with Crippen molar-refractivity contribution in [1.29, 1.82) is 5.26 Å². The zero-order valence-corrected chi connectivity index (χ0v) is 19.3. The minimum Gasteiger partial charge on any atom is -0.375 e. The molecule has 0 fully saturated rings. The summed E-state index contributed by atoms with van der Waals surface area (Å²) < 4.78 is 55.4. The van der Waals surface area contributed by atoms with E-state index >= 15 is 0 Å². The van der Waals surface area contributed by atoms with Gasteiger partial charge in [-0.05, 0) is 36.4 Å². The first kappa shape index (κ1) is 24.5. The van der Waals surface area contributed by atoms with E-state index in [0.717, 1.165) is 23.1 Å². The zero-order chi connectivity index (χ0) is 26.7. The number of urea groups is 1. The quantitative estimate of drug-likeness (QED) is 0.406. The molecular weight excluding hydrogens is 516 g/mol. The van der Waals surface area contributed by atoms with Gasteiger partial charge in [-0.2, -0.15) is 18.4 Å². The van der Waals surface area contributed by atoms with Crippen molar-refractivity contribution in [2.45, 2.75) is 17.8 Å². The predicted molar refractivity (Wildman–Crippen MR) is 125 cm³/mol. The Bertz CT molecular complexity index is 1520. The molecule has 0 saturated heterocycles. The number of carbonyl (C=O) groups excluding carboxylic acids is 2. The van der Waals surface area contributed by atoms with Crippen LogP contribution in [0.2, 0.25) is 5.02 Å².